The van der Waals surface area contributed by atoms with Crippen LogP contribution in [0.5, 0.6) is 0 Å². The number of carbonyl (C=O) groups excluding carboxylic acids is 1. The van der Waals surface area contributed by atoms with Crippen LogP contribution in [0.2, 0.25) is 15.1 Å². The second-order valence-electron chi connectivity index (χ2n) is 5.04. The Morgan fingerprint density at radius 1 is 1.08 bits per heavy atom. The van der Waals surface area contributed by atoms with Crippen LogP contribution in [0.1, 0.15) is 10.5 Å². The van der Waals surface area contributed by atoms with Crippen LogP contribution in [0.4, 0.5) is 11.5 Å². The van der Waals surface area contributed by atoms with Crippen LogP contribution >= 0.6 is 34.8 Å². The van der Waals surface area contributed by atoms with Crippen molar-refractivity contribution < 1.29 is 9.53 Å². The van der Waals surface area contributed by atoms with Crippen molar-refractivity contribution in [2.24, 2.45) is 0 Å². The standard InChI is InChI=1S/C15H13Cl3N4O2/c16-10-8-20-14(13(18)12(10)17)15(23)21-9-1-2-11(19-7-9)22-3-5-24-6-4-22/h1-2,7-8H,3-6H2,(H,21,23). The summed E-state index contributed by atoms with van der Waals surface area (Å²) in [7, 11) is 0. The first-order valence-electron chi connectivity index (χ1n) is 7.16. The topological polar surface area (TPSA) is 67.4 Å². The molecule has 0 unspecified atom stereocenters. The van der Waals surface area contributed by atoms with Crippen molar-refractivity contribution in [2.45, 2.75) is 0 Å². The number of aromatic nitrogens is 2. The molecule has 0 bridgehead atoms. The SMILES string of the molecule is O=C(Nc1ccc(N2CCOCC2)nc1)c1ncc(Cl)c(Cl)c1Cl. The molecule has 0 aliphatic carbocycles. The van der Waals surface area contributed by atoms with E-state index in [4.69, 9.17) is 39.5 Å². The highest BCUT2D eigenvalue weighted by Crippen LogP contribution is 2.31. The summed E-state index contributed by atoms with van der Waals surface area (Å²) in [6.07, 6.45) is 2.86. The maximum absolute atomic E-state index is 12.3. The molecule has 6 nitrogen and oxygen atoms in total. The number of carbonyl (C=O) groups is 1. The first kappa shape index (κ1) is 17.2. The van der Waals surface area contributed by atoms with E-state index >= 15 is 0 Å². The van der Waals surface area contributed by atoms with Crippen molar-refractivity contribution in [1.82, 2.24) is 9.97 Å². The Balaban J connectivity index is 1.72. The average molecular weight is 388 g/mol. The van der Waals surface area contributed by atoms with E-state index in [0.717, 1.165) is 18.9 Å². The molecule has 3 rings (SSSR count). The molecule has 1 fully saturated rings. The lowest BCUT2D eigenvalue weighted by Gasteiger charge is -2.27. The highest BCUT2D eigenvalue weighted by molar-refractivity contribution is 6.49. The zero-order valence-corrected chi connectivity index (χ0v) is 14.7. The molecule has 24 heavy (non-hydrogen) atoms. The molecule has 0 saturated carbocycles. The highest BCUT2D eigenvalue weighted by Gasteiger charge is 2.18. The Labute approximate surface area is 153 Å². The second-order valence-corrected chi connectivity index (χ2v) is 6.20. The number of hydrogen-bond acceptors (Lipinski definition) is 5. The number of morpholine rings is 1. The zero-order chi connectivity index (χ0) is 17.1. The lowest BCUT2D eigenvalue weighted by Crippen LogP contribution is -2.36. The molecule has 1 aliphatic heterocycles. The summed E-state index contributed by atoms with van der Waals surface area (Å²) >= 11 is 17.7. The number of amides is 1. The Morgan fingerprint density at radius 2 is 1.83 bits per heavy atom. The van der Waals surface area contributed by atoms with Crippen LogP contribution in [0, 0.1) is 0 Å². The van der Waals surface area contributed by atoms with E-state index in [-0.39, 0.29) is 20.8 Å². The number of anilines is 2. The minimum Gasteiger partial charge on any atom is -0.378 e. The number of nitrogens with one attached hydrogen (secondary N) is 1. The van der Waals surface area contributed by atoms with Gasteiger partial charge in [0.1, 0.15) is 11.5 Å². The summed E-state index contributed by atoms with van der Waals surface area (Å²) in [5.74, 6) is 0.349. The largest absolute Gasteiger partial charge is 0.378 e. The third-order valence-electron chi connectivity index (χ3n) is 3.47. The monoisotopic (exact) mass is 386 g/mol. The van der Waals surface area contributed by atoms with Gasteiger partial charge in [0.05, 0.1) is 40.2 Å². The van der Waals surface area contributed by atoms with Gasteiger partial charge in [-0.1, -0.05) is 34.8 Å². The quantitative estimate of drug-likeness (QED) is 0.873. The van der Waals surface area contributed by atoms with Gasteiger partial charge in [-0.15, -0.1) is 0 Å². The fraction of sp³-hybridized carbons (Fsp3) is 0.267. The molecule has 1 amide bonds. The van der Waals surface area contributed by atoms with E-state index in [1.807, 2.05) is 6.07 Å². The van der Waals surface area contributed by atoms with Gasteiger partial charge in [0.2, 0.25) is 0 Å². The van der Waals surface area contributed by atoms with Gasteiger partial charge < -0.3 is 15.0 Å². The van der Waals surface area contributed by atoms with Gasteiger partial charge in [0.25, 0.3) is 5.91 Å². The zero-order valence-electron chi connectivity index (χ0n) is 12.4. The maximum atomic E-state index is 12.3. The lowest BCUT2D eigenvalue weighted by atomic mass is 10.3. The van der Waals surface area contributed by atoms with E-state index in [1.165, 1.54) is 6.20 Å². The van der Waals surface area contributed by atoms with Gasteiger partial charge >= 0.3 is 0 Å². The summed E-state index contributed by atoms with van der Waals surface area (Å²) < 4.78 is 5.31. The van der Waals surface area contributed by atoms with Crippen LogP contribution in [-0.2, 0) is 4.74 Å². The van der Waals surface area contributed by atoms with Crippen molar-refractivity contribution in [3.63, 3.8) is 0 Å². The Hall–Kier alpha value is -1.60. The van der Waals surface area contributed by atoms with Crippen molar-refractivity contribution in [2.75, 3.05) is 36.5 Å². The van der Waals surface area contributed by atoms with Gasteiger partial charge in [0, 0.05) is 19.3 Å². The molecule has 9 heteroatoms. The van der Waals surface area contributed by atoms with Gasteiger partial charge in [-0.25, -0.2) is 9.97 Å². The molecule has 0 spiro atoms. The average Bonchev–Trinajstić information content (AvgIpc) is 2.61. The number of rotatable bonds is 3. The van der Waals surface area contributed by atoms with Crippen LogP contribution in [0.15, 0.2) is 24.5 Å². The van der Waals surface area contributed by atoms with Gasteiger partial charge in [-0.05, 0) is 12.1 Å². The van der Waals surface area contributed by atoms with Gasteiger partial charge in [0.15, 0.2) is 0 Å². The molecule has 1 aliphatic rings. The van der Waals surface area contributed by atoms with Crippen molar-refractivity contribution in [3.8, 4) is 0 Å². The minimum absolute atomic E-state index is 0.00308. The molecule has 0 atom stereocenters. The summed E-state index contributed by atoms with van der Waals surface area (Å²) in [6.45, 7) is 2.95. The van der Waals surface area contributed by atoms with E-state index in [1.54, 1.807) is 12.3 Å². The Kier molecular flexibility index (Phi) is 5.40. The van der Waals surface area contributed by atoms with E-state index in [2.05, 4.69) is 20.2 Å². The first-order valence-corrected chi connectivity index (χ1v) is 8.29. The Bertz CT molecular complexity index is 749. The number of halogens is 3. The number of pyridine rings is 2. The van der Waals surface area contributed by atoms with Crippen LogP contribution in [0.3, 0.4) is 0 Å². The molecule has 0 radical (unpaired) electrons. The van der Waals surface area contributed by atoms with Crippen molar-refractivity contribution in [3.05, 3.63) is 45.3 Å². The maximum Gasteiger partial charge on any atom is 0.275 e. The molecule has 1 saturated heterocycles. The molecule has 126 valence electrons. The van der Waals surface area contributed by atoms with E-state index in [9.17, 15) is 4.79 Å². The second kappa shape index (κ2) is 7.53. The molecule has 2 aromatic rings. The summed E-state index contributed by atoms with van der Waals surface area (Å²) in [6, 6.07) is 3.60. The van der Waals surface area contributed by atoms with Gasteiger partial charge in [-0.3, -0.25) is 4.79 Å². The lowest BCUT2D eigenvalue weighted by molar-refractivity contribution is 0.102. The minimum atomic E-state index is -0.487. The fourth-order valence-corrected chi connectivity index (χ4v) is 2.80. The van der Waals surface area contributed by atoms with E-state index in [0.29, 0.717) is 18.9 Å². The smallest absolute Gasteiger partial charge is 0.275 e. The molecule has 2 aromatic heterocycles. The number of nitrogens with zero attached hydrogens (tertiary/aromatic N) is 3. The van der Waals surface area contributed by atoms with Crippen molar-refractivity contribution in [1.29, 1.82) is 0 Å². The van der Waals surface area contributed by atoms with Gasteiger partial charge in [-0.2, -0.15) is 0 Å². The molecule has 0 aromatic carbocycles. The molecular formula is C15H13Cl3N4O2. The van der Waals surface area contributed by atoms with Crippen LogP contribution in [0.25, 0.3) is 0 Å². The molecule has 3 heterocycles. The normalized spacial score (nSPS) is 14.5. The molecular weight excluding hydrogens is 375 g/mol. The van der Waals surface area contributed by atoms with Crippen LogP contribution in [-0.4, -0.2) is 42.2 Å². The number of ether oxygens (including phenoxy) is 1. The first-order chi connectivity index (χ1) is 11.6. The predicted octanol–water partition coefficient (Wildman–Crippen LogP) is 3.53. The predicted molar refractivity (Wildman–Crippen MR) is 94.5 cm³/mol. The third kappa shape index (κ3) is 3.72. The third-order valence-corrected chi connectivity index (χ3v) is 4.71. The van der Waals surface area contributed by atoms with Crippen LogP contribution < -0.4 is 10.2 Å². The summed E-state index contributed by atoms with van der Waals surface area (Å²) in [5.41, 5.74) is 0.532. The van der Waals surface area contributed by atoms with Crippen molar-refractivity contribution >= 4 is 52.2 Å². The molecule has 1 N–H and O–H groups in total. The summed E-state index contributed by atoms with van der Waals surface area (Å²) in [5, 5.41) is 2.98. The Morgan fingerprint density at radius 3 is 2.50 bits per heavy atom. The van der Waals surface area contributed by atoms with E-state index < -0.39 is 5.91 Å². The highest BCUT2D eigenvalue weighted by atomic mass is 35.5. The fourth-order valence-electron chi connectivity index (χ4n) is 2.23. The summed E-state index contributed by atoms with van der Waals surface area (Å²) in [4.78, 5) is 22.7. The number of hydrogen-bond donors (Lipinski definition) is 1.